The van der Waals surface area contributed by atoms with Crippen LogP contribution in [-0.2, 0) is 0 Å². The third-order valence-electron chi connectivity index (χ3n) is 3.80. The summed E-state index contributed by atoms with van der Waals surface area (Å²) in [6.07, 6.45) is 2.52. The van der Waals surface area contributed by atoms with Gasteiger partial charge in [0.2, 0.25) is 0 Å². The highest BCUT2D eigenvalue weighted by Gasteiger charge is 2.28. The number of hydrogen-bond acceptors (Lipinski definition) is 2. The van der Waals surface area contributed by atoms with Gasteiger partial charge in [-0.15, -0.1) is 0 Å². The van der Waals surface area contributed by atoms with Crippen LogP contribution in [-0.4, -0.2) is 17.6 Å². The minimum atomic E-state index is 0.499. The van der Waals surface area contributed by atoms with Crippen molar-refractivity contribution in [3.05, 3.63) is 29.3 Å². The van der Waals surface area contributed by atoms with Crippen LogP contribution >= 0.6 is 12.2 Å². The molecule has 0 aliphatic carbocycles. The monoisotopic (exact) mass is 262 g/mol. The maximum Gasteiger partial charge on any atom is 0.106 e. The molecule has 2 nitrogen and oxygen atoms in total. The molecule has 1 aromatic carbocycles. The van der Waals surface area contributed by atoms with Crippen LogP contribution in [0.1, 0.15) is 37.8 Å². The summed E-state index contributed by atoms with van der Waals surface area (Å²) in [7, 11) is 0. The first kappa shape index (κ1) is 13.3. The largest absolute Gasteiger partial charge is 0.389 e. The third-order valence-corrected chi connectivity index (χ3v) is 4.02. The van der Waals surface area contributed by atoms with Gasteiger partial charge in [0, 0.05) is 23.8 Å². The molecule has 0 amide bonds. The summed E-state index contributed by atoms with van der Waals surface area (Å²) in [5.41, 5.74) is 9.36. The second-order valence-corrected chi connectivity index (χ2v) is 5.97. The predicted molar refractivity (Wildman–Crippen MR) is 82.3 cm³/mol. The fraction of sp³-hybridized carbons (Fsp3) is 0.533. The first-order valence-electron chi connectivity index (χ1n) is 6.68. The molecular formula is C15H22N2S. The molecule has 0 spiro atoms. The van der Waals surface area contributed by atoms with Crippen molar-refractivity contribution in [1.82, 2.24) is 0 Å². The molecule has 1 fully saturated rings. The van der Waals surface area contributed by atoms with Crippen molar-refractivity contribution >= 4 is 22.9 Å². The molecule has 18 heavy (non-hydrogen) atoms. The molecule has 1 saturated heterocycles. The zero-order chi connectivity index (χ0) is 13.3. The van der Waals surface area contributed by atoms with Crippen LogP contribution in [0.15, 0.2) is 18.2 Å². The Balaban J connectivity index is 2.42. The number of nitrogens with two attached hydrogens (primary N) is 1. The number of aryl methyl sites for hydroxylation is 1. The number of rotatable bonds is 3. The van der Waals surface area contributed by atoms with Crippen molar-refractivity contribution in [3.63, 3.8) is 0 Å². The van der Waals surface area contributed by atoms with E-state index in [1.54, 1.807) is 0 Å². The summed E-state index contributed by atoms with van der Waals surface area (Å²) in [5.74, 6) is 0.659. The Hall–Kier alpha value is -1.09. The molecule has 98 valence electrons. The number of thiocarbonyl (C=S) groups is 1. The molecule has 1 atom stereocenters. The fourth-order valence-electron chi connectivity index (χ4n) is 2.87. The Bertz CT molecular complexity index is 454. The lowest BCUT2D eigenvalue weighted by molar-refractivity contribution is 0.492. The van der Waals surface area contributed by atoms with E-state index in [2.05, 4.69) is 43.9 Å². The molecule has 2 rings (SSSR count). The fourth-order valence-corrected chi connectivity index (χ4v) is 3.05. The maximum absolute atomic E-state index is 5.86. The molecule has 0 radical (unpaired) electrons. The SMILES string of the molecule is Cc1ccc(C(N)=S)c(N2CCCC2C(C)C)c1. The van der Waals surface area contributed by atoms with Gasteiger partial charge in [0.1, 0.15) is 4.99 Å². The van der Waals surface area contributed by atoms with E-state index >= 15 is 0 Å². The zero-order valence-corrected chi connectivity index (χ0v) is 12.3. The quantitative estimate of drug-likeness (QED) is 0.848. The molecule has 1 unspecified atom stereocenters. The summed E-state index contributed by atoms with van der Waals surface area (Å²) in [6, 6.07) is 6.97. The second-order valence-electron chi connectivity index (χ2n) is 5.53. The topological polar surface area (TPSA) is 29.3 Å². The average Bonchev–Trinajstić information content (AvgIpc) is 2.77. The van der Waals surface area contributed by atoms with E-state index < -0.39 is 0 Å². The van der Waals surface area contributed by atoms with Crippen molar-refractivity contribution in [3.8, 4) is 0 Å². The second kappa shape index (κ2) is 5.27. The summed E-state index contributed by atoms with van der Waals surface area (Å²) < 4.78 is 0. The molecule has 1 aliphatic rings. The molecule has 0 bridgehead atoms. The highest BCUT2D eigenvalue weighted by atomic mass is 32.1. The highest BCUT2D eigenvalue weighted by molar-refractivity contribution is 7.80. The Morgan fingerprint density at radius 1 is 1.44 bits per heavy atom. The van der Waals surface area contributed by atoms with Gasteiger partial charge in [-0.25, -0.2) is 0 Å². The van der Waals surface area contributed by atoms with Crippen LogP contribution in [0, 0.1) is 12.8 Å². The van der Waals surface area contributed by atoms with E-state index in [0.29, 0.717) is 16.9 Å². The van der Waals surface area contributed by atoms with Crippen LogP contribution in [0.25, 0.3) is 0 Å². The van der Waals surface area contributed by atoms with Gasteiger partial charge < -0.3 is 10.6 Å². The average molecular weight is 262 g/mol. The third kappa shape index (κ3) is 2.51. The molecule has 1 aromatic rings. The van der Waals surface area contributed by atoms with E-state index in [-0.39, 0.29) is 0 Å². The van der Waals surface area contributed by atoms with Crippen molar-refractivity contribution in [1.29, 1.82) is 0 Å². The Morgan fingerprint density at radius 2 is 2.17 bits per heavy atom. The van der Waals surface area contributed by atoms with Gasteiger partial charge in [-0.05, 0) is 43.4 Å². The van der Waals surface area contributed by atoms with Gasteiger partial charge in [-0.1, -0.05) is 32.1 Å². The van der Waals surface area contributed by atoms with Crippen LogP contribution in [0.5, 0.6) is 0 Å². The first-order valence-corrected chi connectivity index (χ1v) is 7.08. The smallest absolute Gasteiger partial charge is 0.106 e. The van der Waals surface area contributed by atoms with Crippen LogP contribution in [0.4, 0.5) is 5.69 Å². The van der Waals surface area contributed by atoms with Gasteiger partial charge in [0.05, 0.1) is 0 Å². The normalized spacial score (nSPS) is 19.6. The molecular weight excluding hydrogens is 240 g/mol. The minimum Gasteiger partial charge on any atom is -0.389 e. The lowest BCUT2D eigenvalue weighted by atomic mass is 10.00. The van der Waals surface area contributed by atoms with E-state index in [1.807, 2.05) is 0 Å². The first-order chi connectivity index (χ1) is 8.50. The standard InChI is InChI=1S/C15H22N2S/c1-10(2)13-5-4-8-17(13)14-9-11(3)6-7-12(14)15(16)18/h6-7,9-10,13H,4-5,8H2,1-3H3,(H2,16,18). The van der Waals surface area contributed by atoms with Crippen molar-refractivity contribution in [2.75, 3.05) is 11.4 Å². The van der Waals surface area contributed by atoms with Crippen LogP contribution in [0.3, 0.4) is 0 Å². The van der Waals surface area contributed by atoms with Crippen molar-refractivity contribution in [2.24, 2.45) is 11.7 Å². The highest BCUT2D eigenvalue weighted by Crippen LogP contribution is 2.32. The molecule has 1 aliphatic heterocycles. The molecule has 0 aromatic heterocycles. The predicted octanol–water partition coefficient (Wildman–Crippen LogP) is 3.25. The van der Waals surface area contributed by atoms with Gasteiger partial charge in [0.25, 0.3) is 0 Å². The van der Waals surface area contributed by atoms with Crippen molar-refractivity contribution < 1.29 is 0 Å². The minimum absolute atomic E-state index is 0.499. The Morgan fingerprint density at radius 3 is 2.78 bits per heavy atom. The lowest BCUT2D eigenvalue weighted by Crippen LogP contribution is -2.34. The van der Waals surface area contributed by atoms with Crippen LogP contribution < -0.4 is 10.6 Å². The zero-order valence-electron chi connectivity index (χ0n) is 11.4. The molecule has 2 N–H and O–H groups in total. The molecule has 0 saturated carbocycles. The van der Waals surface area contributed by atoms with Gasteiger partial charge >= 0.3 is 0 Å². The summed E-state index contributed by atoms with van der Waals surface area (Å²) in [5, 5.41) is 0. The van der Waals surface area contributed by atoms with Gasteiger partial charge in [0.15, 0.2) is 0 Å². The van der Waals surface area contributed by atoms with Crippen LogP contribution in [0.2, 0.25) is 0 Å². The molecule has 1 heterocycles. The Labute approximate surface area is 115 Å². The van der Waals surface area contributed by atoms with E-state index in [1.165, 1.54) is 24.1 Å². The number of anilines is 1. The Kier molecular flexibility index (Phi) is 3.91. The summed E-state index contributed by atoms with van der Waals surface area (Å²) >= 11 is 5.18. The number of nitrogens with zero attached hydrogens (tertiary/aromatic N) is 1. The van der Waals surface area contributed by atoms with E-state index in [9.17, 15) is 0 Å². The summed E-state index contributed by atoms with van der Waals surface area (Å²) in [6.45, 7) is 7.81. The summed E-state index contributed by atoms with van der Waals surface area (Å²) in [4.78, 5) is 2.99. The molecule has 3 heteroatoms. The van der Waals surface area contributed by atoms with Crippen molar-refractivity contribution in [2.45, 2.75) is 39.7 Å². The number of hydrogen-bond donors (Lipinski definition) is 1. The van der Waals surface area contributed by atoms with Gasteiger partial charge in [-0.3, -0.25) is 0 Å². The number of benzene rings is 1. The maximum atomic E-state index is 5.86. The van der Waals surface area contributed by atoms with E-state index in [4.69, 9.17) is 18.0 Å². The van der Waals surface area contributed by atoms with E-state index in [0.717, 1.165) is 12.1 Å². The van der Waals surface area contributed by atoms with Gasteiger partial charge in [-0.2, -0.15) is 0 Å². The lowest BCUT2D eigenvalue weighted by Gasteiger charge is -2.31.